The Balaban J connectivity index is 1.66. The van der Waals surface area contributed by atoms with Crippen molar-refractivity contribution in [2.45, 2.75) is 12.8 Å². The molecule has 2 aromatic rings. The number of anilines is 1. The van der Waals surface area contributed by atoms with Gasteiger partial charge in [-0.15, -0.1) is 0 Å². The highest BCUT2D eigenvalue weighted by Crippen LogP contribution is 2.27. The maximum atomic E-state index is 10.5. The topological polar surface area (TPSA) is 87.7 Å². The van der Waals surface area contributed by atoms with Gasteiger partial charge in [-0.25, -0.2) is 15.0 Å². The first-order valence-corrected chi connectivity index (χ1v) is 5.67. The van der Waals surface area contributed by atoms with Crippen molar-refractivity contribution in [2.24, 2.45) is 0 Å². The highest BCUT2D eigenvalue weighted by atomic mass is 16.1. The average Bonchev–Trinajstić information content (AvgIpc) is 2.75. The maximum absolute atomic E-state index is 10.5. The molecular formula is C11H12N6O. The monoisotopic (exact) mass is 244 g/mol. The summed E-state index contributed by atoms with van der Waals surface area (Å²) in [6, 6.07) is 0. The molecule has 1 fully saturated rings. The van der Waals surface area contributed by atoms with Crippen LogP contribution < -0.4 is 4.90 Å². The number of aryl methyl sites for hydroxylation is 1. The van der Waals surface area contributed by atoms with E-state index < -0.39 is 0 Å². The lowest BCUT2D eigenvalue weighted by Gasteiger charge is -2.37. The van der Waals surface area contributed by atoms with Gasteiger partial charge in [0.15, 0.2) is 12.1 Å². The number of aromatic amines is 1. The molecule has 0 saturated carbocycles. The first kappa shape index (κ1) is 10.8. The van der Waals surface area contributed by atoms with Crippen LogP contribution in [0.2, 0.25) is 0 Å². The summed E-state index contributed by atoms with van der Waals surface area (Å²) in [6.07, 6.45) is 3.79. The lowest BCUT2D eigenvalue weighted by Crippen LogP contribution is -2.46. The van der Waals surface area contributed by atoms with Gasteiger partial charge in [-0.2, -0.15) is 5.10 Å². The van der Waals surface area contributed by atoms with E-state index in [0.29, 0.717) is 17.4 Å². The molecule has 0 radical (unpaired) electrons. The predicted octanol–water partition coefficient (Wildman–Crippen LogP) is 0.319. The van der Waals surface area contributed by atoms with Gasteiger partial charge in [-0.05, 0) is 6.92 Å². The third kappa shape index (κ3) is 1.83. The number of H-pyrrole nitrogens is 1. The molecule has 0 unspecified atom stereocenters. The number of nitrogens with zero attached hydrogens (tertiary/aromatic N) is 5. The van der Waals surface area contributed by atoms with Crippen LogP contribution in [-0.2, 0) is 0 Å². The van der Waals surface area contributed by atoms with Crippen molar-refractivity contribution in [3.8, 4) is 0 Å². The van der Waals surface area contributed by atoms with Crippen molar-refractivity contribution >= 4 is 12.2 Å². The molecule has 7 heteroatoms. The van der Waals surface area contributed by atoms with Gasteiger partial charge in [0, 0.05) is 25.5 Å². The third-order valence-corrected chi connectivity index (χ3v) is 2.94. The van der Waals surface area contributed by atoms with Crippen LogP contribution in [0.25, 0.3) is 0 Å². The molecule has 7 nitrogen and oxygen atoms in total. The van der Waals surface area contributed by atoms with Crippen molar-refractivity contribution in [2.75, 3.05) is 18.0 Å². The van der Waals surface area contributed by atoms with Gasteiger partial charge >= 0.3 is 0 Å². The molecule has 0 amide bonds. The van der Waals surface area contributed by atoms with Crippen molar-refractivity contribution in [1.29, 1.82) is 0 Å². The van der Waals surface area contributed by atoms with E-state index >= 15 is 0 Å². The van der Waals surface area contributed by atoms with E-state index in [-0.39, 0.29) is 0 Å². The minimum Gasteiger partial charge on any atom is -0.339 e. The minimum absolute atomic E-state index is 0.323. The molecule has 0 bridgehead atoms. The molecular weight excluding hydrogens is 232 g/mol. The fourth-order valence-electron chi connectivity index (χ4n) is 1.90. The van der Waals surface area contributed by atoms with Gasteiger partial charge in [0.25, 0.3) is 0 Å². The molecule has 92 valence electrons. The third-order valence-electron chi connectivity index (χ3n) is 2.94. The number of hydrogen-bond donors (Lipinski definition) is 1. The first-order chi connectivity index (χ1) is 8.76. The number of aldehydes is 1. The quantitative estimate of drug-likeness (QED) is 0.782. The highest BCUT2D eigenvalue weighted by Gasteiger charge is 2.32. The van der Waals surface area contributed by atoms with Gasteiger partial charge in [0.2, 0.25) is 5.95 Å². The molecule has 1 N–H and O–H groups in total. The predicted molar refractivity (Wildman–Crippen MR) is 63.5 cm³/mol. The van der Waals surface area contributed by atoms with Gasteiger partial charge in [0.05, 0.1) is 11.5 Å². The van der Waals surface area contributed by atoms with Crippen molar-refractivity contribution in [3.63, 3.8) is 0 Å². The number of aromatic nitrogens is 5. The fourth-order valence-corrected chi connectivity index (χ4v) is 1.90. The Labute approximate surface area is 103 Å². The molecule has 2 aromatic heterocycles. The molecule has 1 aliphatic rings. The summed E-state index contributed by atoms with van der Waals surface area (Å²) in [4.78, 5) is 25.1. The Hall–Kier alpha value is -2.31. The Morgan fingerprint density at radius 1 is 1.39 bits per heavy atom. The molecule has 0 atom stereocenters. The number of carbonyl (C=O) groups excluding carboxylic acids is 1. The molecule has 0 aromatic carbocycles. The largest absolute Gasteiger partial charge is 0.339 e. The lowest BCUT2D eigenvalue weighted by molar-refractivity contribution is 0.112. The van der Waals surface area contributed by atoms with Crippen LogP contribution in [0.3, 0.4) is 0 Å². The average molecular weight is 244 g/mol. The van der Waals surface area contributed by atoms with E-state index in [0.717, 1.165) is 31.0 Å². The fraction of sp³-hybridized carbons (Fsp3) is 0.364. The number of nitrogens with one attached hydrogen (secondary N) is 1. The Kier molecular flexibility index (Phi) is 2.51. The van der Waals surface area contributed by atoms with Gasteiger partial charge in [-0.1, -0.05) is 0 Å². The van der Waals surface area contributed by atoms with Crippen LogP contribution >= 0.6 is 0 Å². The number of rotatable bonds is 3. The summed E-state index contributed by atoms with van der Waals surface area (Å²) in [5.41, 5.74) is 0.486. The Morgan fingerprint density at radius 2 is 2.11 bits per heavy atom. The number of carbonyl (C=O) groups is 1. The van der Waals surface area contributed by atoms with E-state index in [1.54, 1.807) is 0 Å². The summed E-state index contributed by atoms with van der Waals surface area (Å²) in [6.45, 7) is 3.49. The second-order valence-electron chi connectivity index (χ2n) is 4.32. The van der Waals surface area contributed by atoms with E-state index in [4.69, 9.17) is 0 Å². The normalized spacial score (nSPS) is 15.5. The zero-order valence-electron chi connectivity index (χ0n) is 9.87. The Bertz CT molecular complexity index is 557. The van der Waals surface area contributed by atoms with Crippen LogP contribution in [0.15, 0.2) is 12.4 Å². The summed E-state index contributed by atoms with van der Waals surface area (Å²) in [5, 5.41) is 6.98. The van der Waals surface area contributed by atoms with E-state index in [1.165, 1.54) is 12.4 Å². The van der Waals surface area contributed by atoms with Crippen molar-refractivity contribution < 1.29 is 4.79 Å². The first-order valence-electron chi connectivity index (χ1n) is 5.67. The van der Waals surface area contributed by atoms with Crippen LogP contribution in [0, 0.1) is 6.92 Å². The maximum Gasteiger partial charge on any atom is 0.225 e. The van der Waals surface area contributed by atoms with Crippen LogP contribution in [0.4, 0.5) is 5.95 Å². The van der Waals surface area contributed by atoms with Crippen molar-refractivity contribution in [1.82, 2.24) is 25.1 Å². The lowest BCUT2D eigenvalue weighted by atomic mass is 10.0. The molecule has 1 aliphatic heterocycles. The summed E-state index contributed by atoms with van der Waals surface area (Å²) in [7, 11) is 0. The molecule has 3 rings (SSSR count). The van der Waals surface area contributed by atoms with Gasteiger partial charge < -0.3 is 4.90 Å². The summed E-state index contributed by atoms with van der Waals surface area (Å²) < 4.78 is 0. The van der Waals surface area contributed by atoms with Crippen LogP contribution in [0.5, 0.6) is 0 Å². The smallest absolute Gasteiger partial charge is 0.225 e. The second kappa shape index (κ2) is 4.17. The Morgan fingerprint density at radius 3 is 2.67 bits per heavy atom. The van der Waals surface area contributed by atoms with E-state index in [1.807, 2.05) is 11.8 Å². The highest BCUT2D eigenvalue weighted by molar-refractivity contribution is 5.73. The zero-order chi connectivity index (χ0) is 12.5. The summed E-state index contributed by atoms with van der Waals surface area (Å²) >= 11 is 0. The van der Waals surface area contributed by atoms with Gasteiger partial charge in [-0.3, -0.25) is 9.89 Å². The second-order valence-corrected chi connectivity index (χ2v) is 4.32. The minimum atomic E-state index is 0.323. The van der Waals surface area contributed by atoms with Gasteiger partial charge in [0.1, 0.15) is 5.82 Å². The number of hydrogen-bond acceptors (Lipinski definition) is 6. The SMILES string of the molecule is Cc1nc(C2CN(c3ncc(C=O)cn3)C2)n[nH]1. The molecule has 3 heterocycles. The standard InChI is InChI=1S/C11H12N6O/c1-7-14-10(16-15-7)9-4-17(5-9)11-12-2-8(6-18)3-13-11/h2-3,6,9H,4-5H2,1H3,(H,14,15,16). The van der Waals surface area contributed by atoms with Crippen LogP contribution in [-0.4, -0.2) is 44.5 Å². The molecule has 0 spiro atoms. The van der Waals surface area contributed by atoms with E-state index in [2.05, 4.69) is 25.1 Å². The molecule has 1 saturated heterocycles. The summed E-state index contributed by atoms with van der Waals surface area (Å²) in [5.74, 6) is 2.64. The molecule has 0 aliphatic carbocycles. The molecule has 18 heavy (non-hydrogen) atoms. The van der Waals surface area contributed by atoms with E-state index in [9.17, 15) is 4.79 Å². The zero-order valence-corrected chi connectivity index (χ0v) is 9.87. The van der Waals surface area contributed by atoms with Crippen molar-refractivity contribution in [3.05, 3.63) is 29.6 Å². The van der Waals surface area contributed by atoms with Crippen LogP contribution in [0.1, 0.15) is 27.9 Å².